The first-order valence-electron chi connectivity index (χ1n) is 8.77. The first-order chi connectivity index (χ1) is 13.2. The molecule has 0 saturated carbocycles. The van der Waals surface area contributed by atoms with Gasteiger partial charge in [-0.3, -0.25) is 9.79 Å². The minimum atomic E-state index is -0.126. The third-order valence-corrected chi connectivity index (χ3v) is 3.69. The Bertz CT molecular complexity index is 724. The molecule has 0 aliphatic rings. The molecular weight excluding hydrogens is 471 g/mol. The fraction of sp³-hybridized carbons (Fsp3) is 0.300. The van der Waals surface area contributed by atoms with Gasteiger partial charge in [0.25, 0.3) is 5.91 Å². The monoisotopic (exact) mass is 498 g/mol. The van der Waals surface area contributed by atoms with E-state index in [4.69, 9.17) is 9.47 Å². The summed E-state index contributed by atoms with van der Waals surface area (Å²) in [4.78, 5) is 16.2. The lowest BCUT2D eigenvalue weighted by Crippen LogP contribution is -2.42. The van der Waals surface area contributed by atoms with Gasteiger partial charge in [-0.2, -0.15) is 0 Å². The molecule has 0 heterocycles. The third kappa shape index (κ3) is 8.47. The lowest BCUT2D eigenvalue weighted by Gasteiger charge is -2.13. The molecule has 0 fully saturated rings. The zero-order valence-corrected chi connectivity index (χ0v) is 18.4. The molecule has 0 spiro atoms. The molecule has 2 rings (SSSR count). The quantitative estimate of drug-likeness (QED) is 0.214. The molecule has 0 atom stereocenters. The van der Waals surface area contributed by atoms with Crippen LogP contribution in [-0.4, -0.2) is 52.3 Å². The number of aliphatic imine (C=N–C) groups is 1. The summed E-state index contributed by atoms with van der Waals surface area (Å²) in [5.41, 5.74) is 0.594. The highest BCUT2D eigenvalue weighted by molar-refractivity contribution is 14.0. The van der Waals surface area contributed by atoms with Crippen molar-refractivity contribution >= 4 is 35.8 Å². The summed E-state index contributed by atoms with van der Waals surface area (Å²) in [5, 5.41) is 9.16. The smallest absolute Gasteiger partial charge is 0.251 e. The van der Waals surface area contributed by atoms with Crippen LogP contribution in [-0.2, 0) is 0 Å². The molecule has 28 heavy (non-hydrogen) atoms. The second-order valence-corrected chi connectivity index (χ2v) is 5.57. The van der Waals surface area contributed by atoms with Crippen LogP contribution < -0.4 is 25.4 Å². The summed E-state index contributed by atoms with van der Waals surface area (Å²) in [7, 11) is 3.29. The number of nitrogens with zero attached hydrogens (tertiary/aromatic N) is 1. The zero-order valence-electron chi connectivity index (χ0n) is 16.1. The van der Waals surface area contributed by atoms with Crippen LogP contribution in [0, 0.1) is 0 Å². The minimum Gasteiger partial charge on any atom is -0.497 e. The van der Waals surface area contributed by atoms with Crippen LogP contribution in [0.25, 0.3) is 0 Å². The van der Waals surface area contributed by atoms with E-state index in [0.29, 0.717) is 37.8 Å². The van der Waals surface area contributed by atoms with E-state index in [2.05, 4.69) is 20.9 Å². The van der Waals surface area contributed by atoms with Gasteiger partial charge in [0.15, 0.2) is 5.96 Å². The molecule has 8 heteroatoms. The van der Waals surface area contributed by atoms with Crippen LogP contribution in [0.15, 0.2) is 59.6 Å². The number of ether oxygens (including phenoxy) is 2. The summed E-state index contributed by atoms with van der Waals surface area (Å²) in [5.74, 6) is 2.09. The first kappa shape index (κ1) is 23.5. The maximum atomic E-state index is 12.1. The topological polar surface area (TPSA) is 84.0 Å². The van der Waals surface area contributed by atoms with Gasteiger partial charge >= 0.3 is 0 Å². The molecule has 7 nitrogen and oxygen atoms in total. The van der Waals surface area contributed by atoms with Gasteiger partial charge in [0.05, 0.1) is 13.7 Å². The van der Waals surface area contributed by atoms with E-state index in [0.717, 1.165) is 11.5 Å². The maximum absolute atomic E-state index is 12.1. The van der Waals surface area contributed by atoms with Crippen molar-refractivity contribution in [1.29, 1.82) is 0 Å². The van der Waals surface area contributed by atoms with Gasteiger partial charge in [0.2, 0.25) is 0 Å². The molecule has 1 amide bonds. The molecule has 2 aromatic carbocycles. The molecule has 152 valence electrons. The number of hydrogen-bond donors (Lipinski definition) is 3. The summed E-state index contributed by atoms with van der Waals surface area (Å²) in [6.07, 6.45) is 0. The molecule has 2 aromatic rings. The Kier molecular flexibility index (Phi) is 11.5. The number of hydrogen-bond acceptors (Lipinski definition) is 4. The van der Waals surface area contributed by atoms with E-state index < -0.39 is 0 Å². The lowest BCUT2D eigenvalue weighted by molar-refractivity contribution is 0.0954. The SMILES string of the molecule is CN=C(NCCNC(=O)c1ccc(OC)cc1)NCCOc1ccccc1.I. The number of amides is 1. The van der Waals surface area contributed by atoms with Gasteiger partial charge in [-0.05, 0) is 36.4 Å². The van der Waals surface area contributed by atoms with Gasteiger partial charge in [-0.25, -0.2) is 0 Å². The Balaban J connectivity index is 0.00000392. The summed E-state index contributed by atoms with van der Waals surface area (Å²) in [6, 6.07) is 16.6. The van der Waals surface area contributed by atoms with Crippen molar-refractivity contribution in [2.24, 2.45) is 4.99 Å². The van der Waals surface area contributed by atoms with Crippen molar-refractivity contribution in [3.8, 4) is 11.5 Å². The van der Waals surface area contributed by atoms with Crippen LogP contribution in [0.5, 0.6) is 11.5 Å². The number of rotatable bonds is 9. The van der Waals surface area contributed by atoms with Crippen molar-refractivity contribution in [3.05, 3.63) is 60.2 Å². The number of carbonyl (C=O) groups is 1. The molecule has 0 aliphatic heterocycles. The minimum absolute atomic E-state index is 0. The molecular formula is C20H27IN4O3. The van der Waals surface area contributed by atoms with Gasteiger partial charge in [0.1, 0.15) is 18.1 Å². The Labute approximate surface area is 182 Å². The van der Waals surface area contributed by atoms with E-state index in [1.54, 1.807) is 38.4 Å². The lowest BCUT2D eigenvalue weighted by atomic mass is 10.2. The van der Waals surface area contributed by atoms with Crippen LogP contribution in [0.2, 0.25) is 0 Å². The van der Waals surface area contributed by atoms with Crippen molar-refractivity contribution in [1.82, 2.24) is 16.0 Å². The Morgan fingerprint density at radius 2 is 1.54 bits per heavy atom. The van der Waals surface area contributed by atoms with E-state index >= 15 is 0 Å². The highest BCUT2D eigenvalue weighted by atomic mass is 127. The van der Waals surface area contributed by atoms with Crippen molar-refractivity contribution in [2.45, 2.75) is 0 Å². The van der Waals surface area contributed by atoms with Gasteiger partial charge in [0, 0.05) is 25.7 Å². The normalized spacial score (nSPS) is 10.4. The largest absolute Gasteiger partial charge is 0.497 e. The Hall–Kier alpha value is -2.49. The summed E-state index contributed by atoms with van der Waals surface area (Å²) < 4.78 is 10.7. The molecule has 0 aliphatic carbocycles. The van der Waals surface area contributed by atoms with Crippen molar-refractivity contribution in [2.75, 3.05) is 40.4 Å². The second kappa shape index (κ2) is 13.6. The maximum Gasteiger partial charge on any atom is 0.251 e. The standard InChI is InChI=1S/C20H26N4O3.HI/c1-21-20(24-14-15-27-18-6-4-3-5-7-18)23-13-12-22-19(25)16-8-10-17(26-2)11-9-16;/h3-11H,12-15H2,1-2H3,(H,22,25)(H2,21,23,24);1H. The average Bonchev–Trinajstić information content (AvgIpc) is 2.73. The fourth-order valence-corrected chi connectivity index (χ4v) is 2.28. The predicted octanol–water partition coefficient (Wildman–Crippen LogP) is 2.29. The molecule has 0 unspecified atom stereocenters. The molecule has 0 radical (unpaired) electrons. The summed E-state index contributed by atoms with van der Waals surface area (Å²) >= 11 is 0. The van der Waals surface area contributed by atoms with Gasteiger partial charge < -0.3 is 25.4 Å². The molecule has 0 saturated heterocycles. The number of benzene rings is 2. The zero-order chi connectivity index (χ0) is 19.3. The van der Waals surface area contributed by atoms with Gasteiger partial charge in [-0.15, -0.1) is 24.0 Å². The number of nitrogens with one attached hydrogen (secondary N) is 3. The highest BCUT2D eigenvalue weighted by Gasteiger charge is 2.05. The van der Waals surface area contributed by atoms with Crippen LogP contribution in [0.1, 0.15) is 10.4 Å². The number of guanidine groups is 1. The number of halogens is 1. The van der Waals surface area contributed by atoms with E-state index in [1.165, 1.54) is 0 Å². The van der Waals surface area contributed by atoms with Crippen LogP contribution >= 0.6 is 24.0 Å². The van der Waals surface area contributed by atoms with Crippen molar-refractivity contribution in [3.63, 3.8) is 0 Å². The second-order valence-electron chi connectivity index (χ2n) is 5.57. The third-order valence-electron chi connectivity index (χ3n) is 3.69. The van der Waals surface area contributed by atoms with E-state index in [9.17, 15) is 4.79 Å². The Morgan fingerprint density at radius 1 is 0.893 bits per heavy atom. The number of methoxy groups -OCH3 is 1. The number of para-hydroxylation sites is 1. The van der Waals surface area contributed by atoms with E-state index in [1.807, 2.05) is 30.3 Å². The number of carbonyl (C=O) groups excluding carboxylic acids is 1. The highest BCUT2D eigenvalue weighted by Crippen LogP contribution is 2.10. The van der Waals surface area contributed by atoms with Crippen LogP contribution in [0.3, 0.4) is 0 Å². The molecule has 0 aromatic heterocycles. The average molecular weight is 498 g/mol. The van der Waals surface area contributed by atoms with Crippen LogP contribution in [0.4, 0.5) is 0 Å². The molecule has 3 N–H and O–H groups in total. The van der Waals surface area contributed by atoms with Crippen molar-refractivity contribution < 1.29 is 14.3 Å². The summed E-state index contributed by atoms with van der Waals surface area (Å²) in [6.45, 7) is 2.18. The van der Waals surface area contributed by atoms with E-state index in [-0.39, 0.29) is 29.9 Å². The molecule has 0 bridgehead atoms. The Morgan fingerprint density at radius 3 is 2.18 bits per heavy atom. The fourth-order valence-electron chi connectivity index (χ4n) is 2.28. The predicted molar refractivity (Wildman–Crippen MR) is 122 cm³/mol. The first-order valence-corrected chi connectivity index (χ1v) is 8.77. The van der Waals surface area contributed by atoms with Gasteiger partial charge in [-0.1, -0.05) is 18.2 Å².